The number of hydrogen-bond acceptors (Lipinski definition) is 5. The van der Waals surface area contributed by atoms with Crippen molar-refractivity contribution in [2.45, 2.75) is 29.0 Å². The van der Waals surface area contributed by atoms with Crippen LogP contribution in [-0.2, 0) is 26.0 Å². The minimum Gasteiger partial charge on any atom is -0.480 e. The minimum atomic E-state index is -3.61. The second-order valence-electron chi connectivity index (χ2n) is 5.85. The first kappa shape index (κ1) is 17.4. The van der Waals surface area contributed by atoms with Crippen LogP contribution in [0.3, 0.4) is 0 Å². The molecule has 25 heavy (non-hydrogen) atoms. The number of hydrogen-bond donors (Lipinski definition) is 3. The predicted octanol–water partition coefficient (Wildman–Crippen LogP) is 1.82. The van der Waals surface area contributed by atoms with Gasteiger partial charge in [-0.1, -0.05) is 18.2 Å². The second-order valence-corrected chi connectivity index (χ2v) is 8.70. The Kier molecular flexibility index (Phi) is 4.53. The van der Waals surface area contributed by atoms with E-state index >= 15 is 0 Å². The molecule has 1 fully saturated rings. The van der Waals surface area contributed by atoms with Gasteiger partial charge in [-0.15, -0.1) is 11.3 Å². The fraction of sp³-hybridized carbons (Fsp3) is 0.250. The molecule has 0 atom stereocenters. The molecule has 3 rings (SSSR count). The van der Waals surface area contributed by atoms with E-state index in [-0.39, 0.29) is 16.5 Å². The molecule has 0 unspecified atom stereocenters. The Morgan fingerprint density at radius 3 is 2.36 bits per heavy atom. The van der Waals surface area contributed by atoms with E-state index in [4.69, 9.17) is 5.11 Å². The van der Waals surface area contributed by atoms with Crippen LogP contribution < -0.4 is 10.0 Å². The lowest BCUT2D eigenvalue weighted by molar-refractivity contribution is -0.143. The van der Waals surface area contributed by atoms with Crippen LogP contribution in [0.2, 0.25) is 0 Å². The molecule has 0 spiro atoms. The number of carboxylic acid groups (broad SMARTS) is 1. The summed E-state index contributed by atoms with van der Waals surface area (Å²) in [5, 5.41) is 13.3. The summed E-state index contributed by atoms with van der Waals surface area (Å²) in [6, 6.07) is 9.57. The van der Waals surface area contributed by atoms with Crippen molar-refractivity contribution in [1.82, 2.24) is 5.32 Å². The Labute approximate surface area is 148 Å². The molecule has 1 aromatic carbocycles. The average Bonchev–Trinajstić information content (AvgIpc) is 3.11. The molecule has 3 N–H and O–H groups in total. The predicted molar refractivity (Wildman–Crippen MR) is 93.0 cm³/mol. The maximum Gasteiger partial charge on any atom is 0.329 e. The zero-order chi connectivity index (χ0) is 18.1. The number of carbonyl (C=O) groups excluding carboxylic acids is 1. The first-order valence-electron chi connectivity index (χ1n) is 7.50. The van der Waals surface area contributed by atoms with Crippen molar-refractivity contribution in [3.8, 4) is 0 Å². The summed E-state index contributed by atoms with van der Waals surface area (Å²) in [7, 11) is -3.61. The molecular formula is C16H16N2O5S2. The molecule has 1 heterocycles. The molecule has 7 nitrogen and oxygen atoms in total. The van der Waals surface area contributed by atoms with E-state index in [0.717, 1.165) is 11.3 Å². The average molecular weight is 380 g/mol. The topological polar surface area (TPSA) is 113 Å². The zero-order valence-corrected chi connectivity index (χ0v) is 14.7. The van der Waals surface area contributed by atoms with Crippen LogP contribution in [0.4, 0.5) is 5.69 Å². The highest BCUT2D eigenvalue weighted by Crippen LogP contribution is 2.35. The fourth-order valence-electron chi connectivity index (χ4n) is 2.33. The smallest absolute Gasteiger partial charge is 0.329 e. The van der Waals surface area contributed by atoms with Gasteiger partial charge in [0, 0.05) is 5.69 Å². The number of rotatable bonds is 7. The van der Waals surface area contributed by atoms with E-state index in [9.17, 15) is 18.0 Å². The van der Waals surface area contributed by atoms with E-state index in [2.05, 4.69) is 10.0 Å². The standard InChI is InChI=1S/C16H16N2O5S2/c19-13(17-16(7-8-16)15(20)21)10-11-3-5-12(6-4-11)18-25(22,23)14-2-1-9-24-14/h1-6,9,18H,7-8,10H2,(H,17,19)(H,20,21). The Morgan fingerprint density at radius 2 is 1.84 bits per heavy atom. The molecule has 9 heteroatoms. The summed E-state index contributed by atoms with van der Waals surface area (Å²) in [6.07, 6.45) is 0.919. The van der Waals surface area contributed by atoms with Crippen molar-refractivity contribution in [1.29, 1.82) is 0 Å². The van der Waals surface area contributed by atoms with Crippen molar-refractivity contribution in [2.75, 3.05) is 4.72 Å². The van der Waals surface area contributed by atoms with Crippen LogP contribution in [-0.4, -0.2) is 30.9 Å². The number of nitrogens with one attached hydrogen (secondary N) is 2. The van der Waals surface area contributed by atoms with E-state index in [1.54, 1.807) is 35.7 Å². The van der Waals surface area contributed by atoms with E-state index in [1.165, 1.54) is 6.07 Å². The number of sulfonamides is 1. The third-order valence-electron chi connectivity index (χ3n) is 3.87. The van der Waals surface area contributed by atoms with Crippen LogP contribution in [0.25, 0.3) is 0 Å². The largest absolute Gasteiger partial charge is 0.480 e. The van der Waals surface area contributed by atoms with Gasteiger partial charge in [-0.2, -0.15) is 0 Å². The van der Waals surface area contributed by atoms with Crippen molar-refractivity contribution < 1.29 is 23.1 Å². The molecule has 0 radical (unpaired) electrons. The third-order valence-corrected chi connectivity index (χ3v) is 6.65. The molecule has 132 valence electrons. The van der Waals surface area contributed by atoms with Gasteiger partial charge in [0.25, 0.3) is 10.0 Å². The van der Waals surface area contributed by atoms with Gasteiger partial charge >= 0.3 is 5.97 Å². The maximum atomic E-state index is 12.1. The van der Waals surface area contributed by atoms with Crippen LogP contribution in [0.1, 0.15) is 18.4 Å². The lowest BCUT2D eigenvalue weighted by Gasteiger charge is -2.12. The molecular weight excluding hydrogens is 364 g/mol. The lowest BCUT2D eigenvalue weighted by Crippen LogP contribution is -2.43. The van der Waals surface area contributed by atoms with E-state index in [1.807, 2.05) is 0 Å². The summed E-state index contributed by atoms with van der Waals surface area (Å²) >= 11 is 1.12. The fourth-order valence-corrected chi connectivity index (χ4v) is 4.38. The van der Waals surface area contributed by atoms with Crippen molar-refractivity contribution in [3.63, 3.8) is 0 Å². The number of aliphatic carboxylic acids is 1. The van der Waals surface area contributed by atoms with Gasteiger partial charge in [0.2, 0.25) is 5.91 Å². The van der Waals surface area contributed by atoms with Crippen LogP contribution in [0, 0.1) is 0 Å². The van der Waals surface area contributed by atoms with E-state index < -0.39 is 21.5 Å². The van der Waals surface area contributed by atoms with Gasteiger partial charge < -0.3 is 10.4 Å². The number of carboxylic acids is 1. The summed E-state index contributed by atoms with van der Waals surface area (Å²) in [6.45, 7) is 0. The number of thiophene rings is 1. The Morgan fingerprint density at radius 1 is 1.16 bits per heavy atom. The summed E-state index contributed by atoms with van der Waals surface area (Å²) < 4.78 is 27.0. The van der Waals surface area contributed by atoms with Gasteiger partial charge in [-0.3, -0.25) is 9.52 Å². The highest BCUT2D eigenvalue weighted by atomic mass is 32.2. The van der Waals surface area contributed by atoms with Crippen molar-refractivity contribution >= 4 is 38.9 Å². The van der Waals surface area contributed by atoms with Crippen molar-refractivity contribution in [3.05, 3.63) is 47.3 Å². The third kappa shape index (κ3) is 3.99. The highest BCUT2D eigenvalue weighted by Gasteiger charge is 2.51. The SMILES string of the molecule is O=C(Cc1ccc(NS(=O)(=O)c2cccs2)cc1)NC1(C(=O)O)CC1. The lowest BCUT2D eigenvalue weighted by atomic mass is 10.1. The molecule has 1 saturated carbocycles. The van der Waals surface area contributed by atoms with Gasteiger partial charge in [0.1, 0.15) is 9.75 Å². The molecule has 1 aliphatic carbocycles. The first-order valence-corrected chi connectivity index (χ1v) is 9.87. The summed E-state index contributed by atoms with van der Waals surface area (Å²) in [4.78, 5) is 23.0. The van der Waals surface area contributed by atoms with Crippen LogP contribution in [0.5, 0.6) is 0 Å². The zero-order valence-electron chi connectivity index (χ0n) is 13.1. The van der Waals surface area contributed by atoms with Crippen LogP contribution >= 0.6 is 11.3 Å². The minimum absolute atomic E-state index is 0.0347. The van der Waals surface area contributed by atoms with Crippen molar-refractivity contribution in [2.24, 2.45) is 0 Å². The molecule has 2 aromatic rings. The molecule has 0 bridgehead atoms. The highest BCUT2D eigenvalue weighted by molar-refractivity contribution is 7.94. The Balaban J connectivity index is 1.61. The Hall–Kier alpha value is -2.39. The summed E-state index contributed by atoms with van der Waals surface area (Å²) in [5.41, 5.74) is -0.0487. The van der Waals surface area contributed by atoms with Gasteiger partial charge in [-0.05, 0) is 42.0 Å². The Bertz CT molecular complexity index is 885. The van der Waals surface area contributed by atoms with Gasteiger partial charge in [-0.25, -0.2) is 13.2 Å². The summed E-state index contributed by atoms with van der Waals surface area (Å²) in [5.74, 6) is -1.38. The number of carbonyl (C=O) groups is 2. The monoisotopic (exact) mass is 380 g/mol. The molecule has 1 aromatic heterocycles. The number of benzene rings is 1. The molecule has 1 aliphatic rings. The second kappa shape index (κ2) is 6.49. The molecule has 0 aliphatic heterocycles. The normalized spacial score (nSPS) is 15.4. The molecule has 1 amide bonds. The maximum absolute atomic E-state index is 12.1. The van der Waals surface area contributed by atoms with Gasteiger partial charge in [0.05, 0.1) is 6.42 Å². The van der Waals surface area contributed by atoms with E-state index in [0.29, 0.717) is 24.1 Å². The number of anilines is 1. The quantitative estimate of drug-likeness (QED) is 0.678. The van der Waals surface area contributed by atoms with Gasteiger partial charge in [0.15, 0.2) is 0 Å². The van der Waals surface area contributed by atoms with Crippen LogP contribution in [0.15, 0.2) is 46.0 Å². The molecule has 0 saturated heterocycles. The number of amides is 1. The first-order chi connectivity index (χ1) is 11.8.